The van der Waals surface area contributed by atoms with E-state index in [0.29, 0.717) is 6.04 Å². The minimum absolute atomic E-state index is 0.237. The van der Waals surface area contributed by atoms with Gasteiger partial charge in [0.25, 0.3) is 0 Å². The third kappa shape index (κ3) is 4.35. The van der Waals surface area contributed by atoms with Crippen LogP contribution in [0.1, 0.15) is 39.5 Å². The van der Waals surface area contributed by atoms with Gasteiger partial charge >= 0.3 is 0 Å². The first kappa shape index (κ1) is 14.1. The average molecular weight is 263 g/mol. The topological polar surface area (TPSA) is 67.1 Å². The molecule has 0 amide bonds. The Labute approximate surface area is 115 Å². The Morgan fingerprint density at radius 3 is 2.68 bits per heavy atom. The molecule has 0 aliphatic heterocycles. The molecule has 0 unspecified atom stereocenters. The third-order valence-corrected chi connectivity index (χ3v) is 3.40. The lowest BCUT2D eigenvalue weighted by Crippen LogP contribution is -2.44. The molecule has 1 aromatic heterocycles. The molecule has 19 heavy (non-hydrogen) atoms. The van der Waals surface area contributed by atoms with Gasteiger partial charge in [-0.2, -0.15) is 0 Å². The van der Waals surface area contributed by atoms with Gasteiger partial charge in [0, 0.05) is 31.2 Å². The summed E-state index contributed by atoms with van der Waals surface area (Å²) in [5, 5.41) is 3.49. The maximum atomic E-state index is 6.04. The summed E-state index contributed by atoms with van der Waals surface area (Å²) in [7, 11) is 2.01. The molecular weight excluding hydrogens is 238 g/mol. The minimum Gasteiger partial charge on any atom is -0.367 e. The summed E-state index contributed by atoms with van der Waals surface area (Å²) in [6, 6.07) is 2.57. The molecule has 1 aromatic rings. The van der Waals surface area contributed by atoms with Crippen molar-refractivity contribution in [2.45, 2.75) is 51.1 Å². The van der Waals surface area contributed by atoms with Crippen molar-refractivity contribution < 1.29 is 0 Å². The standard InChI is InChI=1S/C14H25N5/c1-14(2,15)9-19(3)13-8-12(16-10-17-13)18-11-6-4-5-7-11/h8,10-11H,4-7,9,15H2,1-3H3,(H,16,17,18). The Balaban J connectivity index is 2.01. The Morgan fingerprint density at radius 1 is 1.37 bits per heavy atom. The summed E-state index contributed by atoms with van der Waals surface area (Å²) in [6.45, 7) is 4.79. The first-order valence-corrected chi connectivity index (χ1v) is 7.03. The zero-order valence-electron chi connectivity index (χ0n) is 12.2. The van der Waals surface area contributed by atoms with Crippen LogP contribution in [0.3, 0.4) is 0 Å². The van der Waals surface area contributed by atoms with Crippen LogP contribution in [0, 0.1) is 0 Å². The van der Waals surface area contributed by atoms with E-state index in [1.54, 1.807) is 6.33 Å². The number of anilines is 2. The Morgan fingerprint density at radius 2 is 2.05 bits per heavy atom. The van der Waals surface area contributed by atoms with Crippen LogP contribution in [-0.2, 0) is 0 Å². The van der Waals surface area contributed by atoms with Gasteiger partial charge in [-0.15, -0.1) is 0 Å². The van der Waals surface area contributed by atoms with E-state index in [1.807, 2.05) is 27.0 Å². The van der Waals surface area contributed by atoms with Crippen molar-refractivity contribution in [3.63, 3.8) is 0 Å². The summed E-state index contributed by atoms with van der Waals surface area (Å²) in [5.74, 6) is 1.83. The van der Waals surface area contributed by atoms with Crippen molar-refractivity contribution in [3.05, 3.63) is 12.4 Å². The first-order chi connectivity index (χ1) is 8.94. The summed E-state index contributed by atoms with van der Waals surface area (Å²) in [6.07, 6.45) is 6.73. The van der Waals surface area contributed by atoms with Crippen LogP contribution in [-0.4, -0.2) is 35.1 Å². The van der Waals surface area contributed by atoms with E-state index in [4.69, 9.17) is 5.73 Å². The highest BCUT2D eigenvalue weighted by Gasteiger charge is 2.17. The third-order valence-electron chi connectivity index (χ3n) is 3.40. The fourth-order valence-corrected chi connectivity index (χ4v) is 2.61. The first-order valence-electron chi connectivity index (χ1n) is 7.03. The predicted molar refractivity (Wildman–Crippen MR) is 79.4 cm³/mol. The Bertz CT molecular complexity index is 407. The van der Waals surface area contributed by atoms with Crippen molar-refractivity contribution in [1.29, 1.82) is 0 Å². The molecule has 1 saturated carbocycles. The second-order valence-corrected chi connectivity index (χ2v) is 6.23. The quantitative estimate of drug-likeness (QED) is 0.850. The van der Waals surface area contributed by atoms with E-state index in [0.717, 1.165) is 18.2 Å². The largest absolute Gasteiger partial charge is 0.367 e. The molecule has 1 heterocycles. The van der Waals surface area contributed by atoms with Gasteiger partial charge in [-0.1, -0.05) is 12.8 Å². The number of nitrogens with zero attached hydrogens (tertiary/aromatic N) is 3. The smallest absolute Gasteiger partial charge is 0.133 e. The number of likely N-dealkylation sites (N-methyl/N-ethyl adjacent to an activating group) is 1. The normalized spacial score (nSPS) is 16.6. The monoisotopic (exact) mass is 263 g/mol. The lowest BCUT2D eigenvalue weighted by atomic mass is 10.1. The van der Waals surface area contributed by atoms with Crippen molar-refractivity contribution in [2.24, 2.45) is 5.73 Å². The number of hydrogen-bond acceptors (Lipinski definition) is 5. The van der Waals surface area contributed by atoms with Gasteiger partial charge in [0.15, 0.2) is 0 Å². The van der Waals surface area contributed by atoms with Crippen molar-refractivity contribution in [3.8, 4) is 0 Å². The zero-order chi connectivity index (χ0) is 13.9. The molecule has 0 radical (unpaired) electrons. The number of hydrogen-bond donors (Lipinski definition) is 2. The van der Waals surface area contributed by atoms with Gasteiger partial charge in [0.05, 0.1) is 0 Å². The molecule has 0 spiro atoms. The summed E-state index contributed by atoms with van der Waals surface area (Å²) < 4.78 is 0. The van der Waals surface area contributed by atoms with Crippen LogP contribution < -0.4 is 16.0 Å². The van der Waals surface area contributed by atoms with Gasteiger partial charge in [-0.25, -0.2) is 9.97 Å². The second-order valence-electron chi connectivity index (χ2n) is 6.23. The van der Waals surface area contributed by atoms with Gasteiger partial charge in [0.2, 0.25) is 0 Å². The van der Waals surface area contributed by atoms with E-state index < -0.39 is 0 Å². The molecule has 106 valence electrons. The van der Waals surface area contributed by atoms with Crippen LogP contribution in [0.15, 0.2) is 12.4 Å². The Hall–Kier alpha value is -1.36. The van der Waals surface area contributed by atoms with Crippen LogP contribution >= 0.6 is 0 Å². The maximum absolute atomic E-state index is 6.04. The SMILES string of the molecule is CN(CC(C)(C)N)c1cc(NC2CCCC2)ncn1. The molecule has 0 aromatic carbocycles. The van der Waals surface area contributed by atoms with Gasteiger partial charge in [-0.05, 0) is 26.7 Å². The van der Waals surface area contributed by atoms with Crippen molar-refractivity contribution >= 4 is 11.6 Å². The fraction of sp³-hybridized carbons (Fsp3) is 0.714. The summed E-state index contributed by atoms with van der Waals surface area (Å²) >= 11 is 0. The van der Waals surface area contributed by atoms with E-state index in [2.05, 4.69) is 20.2 Å². The molecule has 1 aliphatic rings. The number of nitrogens with one attached hydrogen (secondary N) is 1. The maximum Gasteiger partial charge on any atom is 0.133 e. The number of aromatic nitrogens is 2. The van der Waals surface area contributed by atoms with Crippen LogP contribution in [0.2, 0.25) is 0 Å². The van der Waals surface area contributed by atoms with E-state index in [9.17, 15) is 0 Å². The van der Waals surface area contributed by atoms with Gasteiger partial charge in [0.1, 0.15) is 18.0 Å². The molecule has 0 saturated heterocycles. The van der Waals surface area contributed by atoms with E-state index in [-0.39, 0.29) is 5.54 Å². The molecule has 0 bridgehead atoms. The molecule has 1 fully saturated rings. The Kier molecular flexibility index (Phi) is 4.24. The van der Waals surface area contributed by atoms with Crippen LogP contribution in [0.25, 0.3) is 0 Å². The summed E-state index contributed by atoms with van der Waals surface area (Å²) in [4.78, 5) is 10.7. The highest BCUT2D eigenvalue weighted by Crippen LogP contribution is 2.22. The minimum atomic E-state index is -0.237. The van der Waals surface area contributed by atoms with E-state index in [1.165, 1.54) is 25.7 Å². The van der Waals surface area contributed by atoms with Crippen LogP contribution in [0.5, 0.6) is 0 Å². The summed E-state index contributed by atoms with van der Waals surface area (Å²) in [5.41, 5.74) is 5.81. The molecule has 3 N–H and O–H groups in total. The lowest BCUT2D eigenvalue weighted by Gasteiger charge is -2.27. The molecule has 1 aliphatic carbocycles. The van der Waals surface area contributed by atoms with Crippen molar-refractivity contribution in [1.82, 2.24) is 9.97 Å². The zero-order valence-corrected chi connectivity index (χ0v) is 12.2. The molecule has 0 atom stereocenters. The highest BCUT2D eigenvalue weighted by atomic mass is 15.2. The highest BCUT2D eigenvalue weighted by molar-refractivity contribution is 5.48. The lowest BCUT2D eigenvalue weighted by molar-refractivity contribution is 0.517. The second kappa shape index (κ2) is 5.74. The van der Waals surface area contributed by atoms with Gasteiger partial charge < -0.3 is 16.0 Å². The molecular formula is C14H25N5. The van der Waals surface area contributed by atoms with Gasteiger partial charge in [-0.3, -0.25) is 0 Å². The fourth-order valence-electron chi connectivity index (χ4n) is 2.61. The number of rotatable bonds is 5. The molecule has 5 nitrogen and oxygen atoms in total. The molecule has 2 rings (SSSR count). The molecule has 5 heteroatoms. The van der Waals surface area contributed by atoms with Crippen molar-refractivity contribution in [2.75, 3.05) is 23.8 Å². The van der Waals surface area contributed by atoms with E-state index >= 15 is 0 Å². The van der Waals surface area contributed by atoms with Crippen LogP contribution in [0.4, 0.5) is 11.6 Å². The average Bonchev–Trinajstić information content (AvgIpc) is 2.80. The number of nitrogens with two attached hydrogens (primary N) is 1. The predicted octanol–water partition coefficient (Wildman–Crippen LogP) is 2.00.